The second-order valence-electron chi connectivity index (χ2n) is 4.40. The monoisotopic (exact) mass is 265 g/mol. The van der Waals surface area contributed by atoms with Crippen LogP contribution in [0.4, 0.5) is 10.1 Å². The Labute approximate surface area is 110 Å². The lowest BCUT2D eigenvalue weighted by Crippen LogP contribution is -2.26. The molecule has 0 bridgehead atoms. The van der Waals surface area contributed by atoms with Crippen LogP contribution in [0.2, 0.25) is 0 Å². The predicted octanol–water partition coefficient (Wildman–Crippen LogP) is 2.98. The molecule has 3 nitrogen and oxygen atoms in total. The molecule has 0 fully saturated rings. The number of amidine groups is 1. The summed E-state index contributed by atoms with van der Waals surface area (Å²) in [6.07, 6.45) is 2.80. The second kappa shape index (κ2) is 4.65. The quantitative estimate of drug-likeness (QED) is 0.808. The van der Waals surface area contributed by atoms with Crippen LogP contribution in [0.25, 0.3) is 0 Å². The summed E-state index contributed by atoms with van der Waals surface area (Å²) in [7, 11) is 0. The van der Waals surface area contributed by atoms with Crippen LogP contribution in [-0.2, 0) is 5.54 Å². The zero-order valence-corrected chi connectivity index (χ0v) is 11.2. The molecule has 4 N–H and O–H groups in total. The van der Waals surface area contributed by atoms with Crippen molar-refractivity contribution < 1.29 is 4.39 Å². The average molecular weight is 265 g/mol. The van der Waals surface area contributed by atoms with Gasteiger partial charge in [0.2, 0.25) is 0 Å². The van der Waals surface area contributed by atoms with Crippen molar-refractivity contribution in [3.63, 3.8) is 0 Å². The molecule has 2 rings (SSSR count). The molecule has 5 heteroatoms. The highest BCUT2D eigenvalue weighted by Crippen LogP contribution is 2.38. The van der Waals surface area contributed by atoms with E-state index in [0.29, 0.717) is 16.4 Å². The molecule has 1 aromatic carbocycles. The molecule has 0 saturated carbocycles. The van der Waals surface area contributed by atoms with Gasteiger partial charge in [-0.05, 0) is 42.5 Å². The lowest BCUT2D eigenvalue weighted by atomic mass is 9.91. The van der Waals surface area contributed by atoms with Crippen molar-refractivity contribution in [2.45, 2.75) is 25.8 Å². The van der Waals surface area contributed by atoms with Gasteiger partial charge in [-0.1, -0.05) is 18.7 Å². The van der Waals surface area contributed by atoms with Gasteiger partial charge in [-0.15, -0.1) is 0 Å². The lowest BCUT2D eigenvalue weighted by Gasteiger charge is -2.28. The lowest BCUT2D eigenvalue weighted by molar-refractivity contribution is 0.544. The average Bonchev–Trinajstić information content (AvgIpc) is 2.31. The molecule has 0 aromatic heterocycles. The highest BCUT2D eigenvalue weighted by molar-refractivity contribution is 8.17. The van der Waals surface area contributed by atoms with Gasteiger partial charge in [-0.3, -0.25) is 0 Å². The number of nitrogen functional groups attached to an aromatic ring is 1. The number of halogens is 1. The van der Waals surface area contributed by atoms with Crippen molar-refractivity contribution in [1.82, 2.24) is 0 Å². The van der Waals surface area contributed by atoms with E-state index in [-0.39, 0.29) is 5.82 Å². The first-order valence-corrected chi connectivity index (χ1v) is 6.56. The van der Waals surface area contributed by atoms with Gasteiger partial charge in [-0.2, -0.15) is 0 Å². The Hall–Kier alpha value is -1.49. The van der Waals surface area contributed by atoms with Crippen LogP contribution < -0.4 is 11.5 Å². The second-order valence-corrected chi connectivity index (χ2v) is 5.55. The van der Waals surface area contributed by atoms with Gasteiger partial charge in [0.15, 0.2) is 5.17 Å². The smallest absolute Gasteiger partial charge is 0.159 e. The highest BCUT2D eigenvalue weighted by Gasteiger charge is 2.30. The predicted molar refractivity (Wildman–Crippen MR) is 75.8 cm³/mol. The van der Waals surface area contributed by atoms with Crippen LogP contribution in [0, 0.1) is 5.82 Å². The minimum absolute atomic E-state index is 0.318. The van der Waals surface area contributed by atoms with Crippen LogP contribution >= 0.6 is 11.8 Å². The first kappa shape index (κ1) is 13.0. The maximum atomic E-state index is 14.0. The molecular formula is C13H16FN3S. The largest absolute Gasteiger partial charge is 0.399 e. The normalized spacial score (nSPS) is 23.5. The Bertz CT molecular complexity index is 539. The Balaban J connectivity index is 2.56. The third kappa shape index (κ3) is 2.36. The summed E-state index contributed by atoms with van der Waals surface area (Å²) in [5, 5.41) is 0.457. The van der Waals surface area contributed by atoms with E-state index in [4.69, 9.17) is 11.5 Å². The van der Waals surface area contributed by atoms with Crippen molar-refractivity contribution in [1.29, 1.82) is 0 Å². The zero-order chi connectivity index (χ0) is 13.3. The number of hydrogen-bond donors (Lipinski definition) is 2. The molecule has 96 valence electrons. The number of aliphatic imine (C=N–C) groups is 1. The molecule has 0 radical (unpaired) electrons. The van der Waals surface area contributed by atoms with Crippen molar-refractivity contribution >= 4 is 22.6 Å². The third-order valence-corrected chi connectivity index (χ3v) is 3.87. The Kier molecular flexibility index (Phi) is 3.34. The summed E-state index contributed by atoms with van der Waals surface area (Å²) in [6, 6.07) is 4.52. The minimum Gasteiger partial charge on any atom is -0.399 e. The van der Waals surface area contributed by atoms with Crippen LogP contribution in [0.3, 0.4) is 0 Å². The van der Waals surface area contributed by atoms with Crippen molar-refractivity contribution in [2.75, 3.05) is 5.73 Å². The van der Waals surface area contributed by atoms with Gasteiger partial charge < -0.3 is 11.5 Å². The third-order valence-electron chi connectivity index (χ3n) is 2.90. The summed E-state index contributed by atoms with van der Waals surface area (Å²) >= 11 is 1.43. The Morgan fingerprint density at radius 2 is 2.11 bits per heavy atom. The molecule has 0 amide bonds. The number of rotatable bonds is 2. The van der Waals surface area contributed by atoms with E-state index in [9.17, 15) is 4.39 Å². The standard InChI is InChI=1S/C13H16FN3S/c1-3-9-7-13(2,17-12(16)18-9)10-6-8(15)4-5-11(10)14/h4-7H,3,15H2,1-2H3,(H2,16,17)/t13-/m0/s1. The van der Waals surface area contributed by atoms with Gasteiger partial charge in [0.25, 0.3) is 0 Å². The summed E-state index contributed by atoms with van der Waals surface area (Å²) in [5.74, 6) is -0.318. The SMILES string of the molecule is CCC1=C[C@@](C)(c2cc(N)ccc2F)N=C(N)S1. The number of hydrogen-bond acceptors (Lipinski definition) is 4. The first-order chi connectivity index (χ1) is 8.44. The van der Waals surface area contributed by atoms with E-state index < -0.39 is 5.54 Å². The van der Waals surface area contributed by atoms with E-state index in [1.807, 2.05) is 19.9 Å². The van der Waals surface area contributed by atoms with Gasteiger partial charge in [-0.25, -0.2) is 9.38 Å². The molecule has 0 aliphatic carbocycles. The Morgan fingerprint density at radius 1 is 1.39 bits per heavy atom. The molecule has 0 unspecified atom stereocenters. The van der Waals surface area contributed by atoms with Crippen LogP contribution in [-0.4, -0.2) is 5.17 Å². The van der Waals surface area contributed by atoms with Gasteiger partial charge >= 0.3 is 0 Å². The fourth-order valence-electron chi connectivity index (χ4n) is 2.00. The zero-order valence-electron chi connectivity index (χ0n) is 10.4. The molecule has 1 heterocycles. The molecular weight excluding hydrogens is 249 g/mol. The summed E-state index contributed by atoms with van der Waals surface area (Å²) in [6.45, 7) is 3.88. The molecule has 0 saturated heterocycles. The summed E-state index contributed by atoms with van der Waals surface area (Å²) in [5.41, 5.74) is 11.7. The number of allylic oxidation sites excluding steroid dienone is 1. The van der Waals surface area contributed by atoms with Crippen molar-refractivity contribution in [3.8, 4) is 0 Å². The summed E-state index contributed by atoms with van der Waals surface area (Å²) in [4.78, 5) is 5.46. The molecule has 1 aromatic rings. The van der Waals surface area contributed by atoms with Crippen molar-refractivity contribution in [3.05, 3.63) is 40.6 Å². The van der Waals surface area contributed by atoms with Crippen molar-refractivity contribution in [2.24, 2.45) is 10.7 Å². The van der Waals surface area contributed by atoms with E-state index >= 15 is 0 Å². The Morgan fingerprint density at radius 3 is 2.78 bits per heavy atom. The highest BCUT2D eigenvalue weighted by atomic mass is 32.2. The first-order valence-electron chi connectivity index (χ1n) is 5.75. The number of thioether (sulfide) groups is 1. The van der Waals surface area contributed by atoms with Crippen LogP contribution in [0.5, 0.6) is 0 Å². The fourth-order valence-corrected chi connectivity index (χ4v) is 2.94. The number of anilines is 1. The number of nitrogens with zero attached hydrogens (tertiary/aromatic N) is 1. The van der Waals surface area contributed by atoms with Gasteiger partial charge in [0.1, 0.15) is 11.4 Å². The van der Waals surface area contributed by atoms with E-state index in [0.717, 1.165) is 11.3 Å². The molecule has 0 spiro atoms. The van der Waals surface area contributed by atoms with Gasteiger partial charge in [0.05, 0.1) is 0 Å². The van der Waals surface area contributed by atoms with Gasteiger partial charge in [0, 0.05) is 11.3 Å². The molecule has 1 aliphatic rings. The van der Waals surface area contributed by atoms with Crippen LogP contribution in [0.1, 0.15) is 25.8 Å². The molecule has 1 aliphatic heterocycles. The topological polar surface area (TPSA) is 64.4 Å². The van der Waals surface area contributed by atoms with Crippen LogP contribution in [0.15, 0.2) is 34.2 Å². The maximum Gasteiger partial charge on any atom is 0.159 e. The fraction of sp³-hybridized carbons (Fsp3) is 0.308. The number of nitrogens with two attached hydrogens (primary N) is 2. The molecule has 18 heavy (non-hydrogen) atoms. The summed E-state index contributed by atoms with van der Waals surface area (Å²) < 4.78 is 14.0. The number of benzene rings is 1. The maximum absolute atomic E-state index is 14.0. The minimum atomic E-state index is -0.778. The van der Waals surface area contributed by atoms with E-state index in [1.54, 1.807) is 6.07 Å². The van der Waals surface area contributed by atoms with E-state index in [2.05, 4.69) is 4.99 Å². The van der Waals surface area contributed by atoms with E-state index in [1.165, 1.54) is 23.9 Å². The molecule has 1 atom stereocenters.